The Balaban J connectivity index is 2.29. The van der Waals surface area contributed by atoms with Gasteiger partial charge in [-0.3, -0.25) is 0 Å². The molecule has 0 amide bonds. The van der Waals surface area contributed by atoms with E-state index >= 15 is 0 Å². The fourth-order valence-corrected chi connectivity index (χ4v) is 3.50. The van der Waals surface area contributed by atoms with Crippen LogP contribution in [0.25, 0.3) is 0 Å². The second kappa shape index (κ2) is 6.46. The third kappa shape index (κ3) is 3.86. The van der Waals surface area contributed by atoms with Gasteiger partial charge in [0, 0.05) is 22.0 Å². The van der Waals surface area contributed by atoms with Crippen LogP contribution in [-0.4, -0.2) is 6.04 Å². The molecule has 2 aromatic rings. The van der Waals surface area contributed by atoms with Crippen molar-refractivity contribution in [2.45, 2.75) is 19.1 Å². The topological polar surface area (TPSA) is 35.2 Å². The minimum atomic E-state index is -0.257. The highest BCUT2D eigenvalue weighted by Gasteiger charge is 2.21. The van der Waals surface area contributed by atoms with Crippen molar-refractivity contribution >= 4 is 50.5 Å². The van der Waals surface area contributed by atoms with Gasteiger partial charge in [0.25, 0.3) is 0 Å². The Hall–Kier alpha value is -0.260. The van der Waals surface area contributed by atoms with Crippen LogP contribution in [0.2, 0.25) is 10.0 Å². The van der Waals surface area contributed by atoms with Gasteiger partial charge in [-0.1, -0.05) is 23.2 Å². The number of benzene rings is 1. The van der Waals surface area contributed by atoms with E-state index in [4.69, 9.17) is 33.7 Å². The number of halogens is 3. The van der Waals surface area contributed by atoms with Gasteiger partial charge in [-0.15, -0.1) is 11.3 Å². The predicted molar refractivity (Wildman–Crippen MR) is 85.5 cm³/mol. The number of rotatable bonds is 4. The van der Waals surface area contributed by atoms with Gasteiger partial charge in [-0.05, 0) is 47.1 Å². The number of thiophene rings is 1. The van der Waals surface area contributed by atoms with E-state index in [0.717, 1.165) is 8.66 Å². The highest BCUT2D eigenvalue weighted by Crippen LogP contribution is 2.35. The summed E-state index contributed by atoms with van der Waals surface area (Å²) in [7, 11) is 0. The first kappa shape index (κ1) is 15.1. The lowest BCUT2D eigenvalue weighted by Gasteiger charge is -2.22. The van der Waals surface area contributed by atoms with Gasteiger partial charge in [0.15, 0.2) is 0 Å². The van der Waals surface area contributed by atoms with Crippen LogP contribution in [0.3, 0.4) is 0 Å². The highest BCUT2D eigenvalue weighted by molar-refractivity contribution is 9.11. The lowest BCUT2D eigenvalue weighted by atomic mass is 10.1. The van der Waals surface area contributed by atoms with E-state index in [-0.39, 0.29) is 12.1 Å². The van der Waals surface area contributed by atoms with E-state index in [0.29, 0.717) is 15.8 Å². The quantitative estimate of drug-likeness (QED) is 0.782. The molecule has 0 fully saturated rings. The number of ether oxygens (including phenoxy) is 1. The molecular weight excluding hydrogens is 369 g/mol. The Morgan fingerprint density at radius 2 is 2.00 bits per heavy atom. The molecule has 0 saturated carbocycles. The third-order valence-electron chi connectivity index (χ3n) is 2.50. The summed E-state index contributed by atoms with van der Waals surface area (Å²) in [4.78, 5) is 1.04. The molecule has 0 saturated heterocycles. The van der Waals surface area contributed by atoms with Crippen molar-refractivity contribution in [1.29, 1.82) is 0 Å². The first-order valence-electron chi connectivity index (χ1n) is 5.60. The van der Waals surface area contributed by atoms with E-state index < -0.39 is 0 Å². The molecule has 0 bridgehead atoms. The molecule has 0 aliphatic carbocycles. The van der Waals surface area contributed by atoms with Crippen LogP contribution in [0.5, 0.6) is 5.75 Å². The van der Waals surface area contributed by atoms with Gasteiger partial charge in [0.1, 0.15) is 11.9 Å². The van der Waals surface area contributed by atoms with E-state index in [9.17, 15) is 0 Å². The molecule has 1 aromatic carbocycles. The lowest BCUT2D eigenvalue weighted by Crippen LogP contribution is -2.28. The first-order valence-corrected chi connectivity index (χ1v) is 7.96. The monoisotopic (exact) mass is 379 g/mol. The fraction of sp³-hybridized carbons (Fsp3) is 0.231. The van der Waals surface area contributed by atoms with Crippen LogP contribution in [0.15, 0.2) is 34.1 Å². The summed E-state index contributed by atoms with van der Waals surface area (Å²) < 4.78 is 6.97. The molecule has 2 unspecified atom stereocenters. The second-order valence-electron chi connectivity index (χ2n) is 4.11. The number of hydrogen-bond donors (Lipinski definition) is 1. The summed E-state index contributed by atoms with van der Waals surface area (Å²) in [5.41, 5.74) is 6.00. The Bertz CT molecular complexity index is 574. The van der Waals surface area contributed by atoms with Gasteiger partial charge >= 0.3 is 0 Å². The molecule has 1 heterocycles. The molecule has 2 rings (SSSR count). The molecule has 102 valence electrons. The molecule has 19 heavy (non-hydrogen) atoms. The molecule has 1 aromatic heterocycles. The summed E-state index contributed by atoms with van der Waals surface area (Å²) in [5.74, 6) is 0.543. The highest BCUT2D eigenvalue weighted by atomic mass is 79.9. The zero-order chi connectivity index (χ0) is 14.0. The molecule has 0 spiro atoms. The standard InChI is InChI=1S/C13H12BrCl2NOS/c1-7(17)13(11-4-5-12(14)19-11)18-10-6-8(15)2-3-9(10)16/h2-7,13H,17H2,1H3. The fourth-order valence-electron chi connectivity index (χ4n) is 1.61. The molecule has 2 atom stereocenters. The van der Waals surface area contributed by atoms with Crippen molar-refractivity contribution in [2.75, 3.05) is 0 Å². The Morgan fingerprint density at radius 3 is 2.58 bits per heavy atom. The summed E-state index contributed by atoms with van der Waals surface area (Å²) >= 11 is 17.1. The van der Waals surface area contributed by atoms with Crippen LogP contribution >= 0.6 is 50.5 Å². The zero-order valence-electron chi connectivity index (χ0n) is 10.1. The summed E-state index contributed by atoms with van der Waals surface area (Å²) in [6.45, 7) is 1.90. The predicted octanol–water partition coefficient (Wildman–Crippen LogP) is 5.28. The maximum absolute atomic E-state index is 6.11. The van der Waals surface area contributed by atoms with Crippen molar-refractivity contribution in [3.05, 3.63) is 49.0 Å². The molecule has 2 nitrogen and oxygen atoms in total. The molecular formula is C13H12BrCl2NOS. The van der Waals surface area contributed by atoms with Crippen LogP contribution in [0.4, 0.5) is 0 Å². The second-order valence-corrected chi connectivity index (χ2v) is 7.45. The smallest absolute Gasteiger partial charge is 0.148 e. The maximum Gasteiger partial charge on any atom is 0.148 e. The first-order chi connectivity index (χ1) is 8.97. The van der Waals surface area contributed by atoms with E-state index in [1.165, 1.54) is 0 Å². The van der Waals surface area contributed by atoms with Crippen molar-refractivity contribution in [2.24, 2.45) is 5.73 Å². The van der Waals surface area contributed by atoms with Crippen molar-refractivity contribution in [3.8, 4) is 5.75 Å². The van der Waals surface area contributed by atoms with Crippen molar-refractivity contribution in [1.82, 2.24) is 0 Å². The summed E-state index contributed by atoms with van der Waals surface area (Å²) in [5, 5.41) is 1.10. The summed E-state index contributed by atoms with van der Waals surface area (Å²) in [6.07, 6.45) is -0.257. The normalized spacial score (nSPS) is 14.2. The zero-order valence-corrected chi connectivity index (χ0v) is 14.0. The Kier molecular flexibility index (Phi) is 5.15. The van der Waals surface area contributed by atoms with Crippen LogP contribution in [0.1, 0.15) is 17.9 Å². The van der Waals surface area contributed by atoms with Crippen molar-refractivity contribution < 1.29 is 4.74 Å². The largest absolute Gasteiger partial charge is 0.482 e. The molecule has 0 aliphatic rings. The van der Waals surface area contributed by atoms with Gasteiger partial charge in [0.2, 0.25) is 0 Å². The minimum absolute atomic E-state index is 0.166. The molecule has 6 heteroatoms. The maximum atomic E-state index is 6.11. The van der Waals surface area contributed by atoms with Gasteiger partial charge in [-0.2, -0.15) is 0 Å². The average Bonchev–Trinajstić information content (AvgIpc) is 2.76. The SMILES string of the molecule is CC(N)C(Oc1cc(Cl)ccc1Cl)c1ccc(Br)s1. The van der Waals surface area contributed by atoms with Crippen LogP contribution in [-0.2, 0) is 0 Å². The molecule has 0 aliphatic heterocycles. The van der Waals surface area contributed by atoms with Gasteiger partial charge in [-0.25, -0.2) is 0 Å². The minimum Gasteiger partial charge on any atom is -0.482 e. The van der Waals surface area contributed by atoms with Crippen molar-refractivity contribution in [3.63, 3.8) is 0 Å². The Labute approximate surface area is 134 Å². The molecule has 0 radical (unpaired) electrons. The number of hydrogen-bond acceptors (Lipinski definition) is 3. The summed E-state index contributed by atoms with van der Waals surface area (Å²) in [6, 6.07) is 8.92. The molecule has 2 N–H and O–H groups in total. The van der Waals surface area contributed by atoms with Gasteiger partial charge in [0.05, 0.1) is 8.81 Å². The van der Waals surface area contributed by atoms with E-state index in [1.54, 1.807) is 29.5 Å². The van der Waals surface area contributed by atoms with E-state index in [1.807, 2.05) is 19.1 Å². The Morgan fingerprint density at radius 1 is 1.26 bits per heavy atom. The lowest BCUT2D eigenvalue weighted by molar-refractivity contribution is 0.184. The van der Waals surface area contributed by atoms with E-state index in [2.05, 4.69) is 15.9 Å². The van der Waals surface area contributed by atoms with Crippen LogP contribution < -0.4 is 10.5 Å². The van der Waals surface area contributed by atoms with Crippen LogP contribution in [0, 0.1) is 0 Å². The number of nitrogens with two attached hydrogens (primary N) is 1. The third-order valence-corrected chi connectivity index (χ3v) is 4.73. The average molecular weight is 381 g/mol. The van der Waals surface area contributed by atoms with Gasteiger partial charge < -0.3 is 10.5 Å².